The minimum absolute atomic E-state index is 0.198. The number of nitrogens with one attached hydrogen (secondary N) is 1. The molecule has 0 aromatic carbocycles. The van der Waals surface area contributed by atoms with Gasteiger partial charge in [0, 0.05) is 17.3 Å². The summed E-state index contributed by atoms with van der Waals surface area (Å²) in [5.74, 6) is 0.869. The van der Waals surface area contributed by atoms with Gasteiger partial charge in [-0.05, 0) is 12.5 Å². The number of hydrogen-bond donors (Lipinski definition) is 1. The van der Waals surface area contributed by atoms with Crippen molar-refractivity contribution in [2.75, 3.05) is 0 Å². The number of hydrogen-bond acceptors (Lipinski definition) is 1. The summed E-state index contributed by atoms with van der Waals surface area (Å²) in [7, 11) is 0. The van der Waals surface area contributed by atoms with E-state index in [4.69, 9.17) is 0 Å². The number of H-pyrrole nitrogens is 1. The van der Waals surface area contributed by atoms with Crippen LogP contribution in [0.15, 0.2) is 12.8 Å². The van der Waals surface area contributed by atoms with Crippen LogP contribution in [-0.4, -0.2) is 9.97 Å². The van der Waals surface area contributed by atoms with E-state index in [-0.39, 0.29) is 5.41 Å². The Labute approximate surface area is 92.8 Å². The molecule has 0 spiro atoms. The largest absolute Gasteiger partial charge is 0.342 e. The van der Waals surface area contributed by atoms with Gasteiger partial charge in [0.25, 0.3) is 0 Å². The van der Waals surface area contributed by atoms with Crippen molar-refractivity contribution in [2.24, 2.45) is 0 Å². The fraction of sp³-hybridized carbons (Fsp3) is 0.615. The molecule has 1 rings (SSSR count). The van der Waals surface area contributed by atoms with E-state index in [2.05, 4.69) is 37.3 Å². The van der Waals surface area contributed by atoms with Crippen LogP contribution in [0, 0.1) is 0 Å². The molecule has 0 saturated heterocycles. The van der Waals surface area contributed by atoms with Gasteiger partial charge in [-0.1, -0.05) is 46.6 Å². The number of rotatable bonds is 6. The molecular formula is C13H22N2. The van der Waals surface area contributed by atoms with E-state index in [1.165, 1.54) is 31.4 Å². The van der Waals surface area contributed by atoms with E-state index in [9.17, 15) is 0 Å². The van der Waals surface area contributed by atoms with Gasteiger partial charge >= 0.3 is 0 Å². The van der Waals surface area contributed by atoms with Crippen molar-refractivity contribution in [2.45, 2.75) is 51.9 Å². The first-order valence-electron chi connectivity index (χ1n) is 5.78. The summed E-state index contributed by atoms with van der Waals surface area (Å²) in [6, 6.07) is 0. The van der Waals surface area contributed by atoms with Gasteiger partial charge in [0.2, 0.25) is 0 Å². The Balaban J connectivity index is 2.63. The summed E-state index contributed by atoms with van der Waals surface area (Å²) in [6.45, 7) is 10.5. The van der Waals surface area contributed by atoms with E-state index in [0.29, 0.717) is 0 Å². The third-order valence-electron chi connectivity index (χ3n) is 2.92. The Morgan fingerprint density at radius 2 is 2.20 bits per heavy atom. The Hall–Kier alpha value is -1.05. The van der Waals surface area contributed by atoms with E-state index < -0.39 is 0 Å². The van der Waals surface area contributed by atoms with E-state index in [1.807, 2.05) is 6.20 Å². The highest BCUT2D eigenvalue weighted by molar-refractivity contribution is 5.37. The Morgan fingerprint density at radius 1 is 1.47 bits per heavy atom. The van der Waals surface area contributed by atoms with Crippen LogP contribution >= 0.6 is 0 Å². The van der Waals surface area contributed by atoms with Crippen LogP contribution in [0.25, 0.3) is 6.08 Å². The maximum Gasteiger partial charge on any atom is 0.129 e. The number of imidazole rings is 1. The van der Waals surface area contributed by atoms with E-state index in [1.54, 1.807) is 6.08 Å². The minimum Gasteiger partial charge on any atom is -0.342 e. The molecule has 0 atom stereocenters. The van der Waals surface area contributed by atoms with E-state index in [0.717, 1.165) is 5.82 Å². The molecule has 1 aromatic heterocycles. The predicted octanol–water partition coefficient (Wildman–Crippen LogP) is 3.91. The minimum atomic E-state index is 0.198. The van der Waals surface area contributed by atoms with Crippen molar-refractivity contribution < 1.29 is 0 Å². The smallest absolute Gasteiger partial charge is 0.129 e. The van der Waals surface area contributed by atoms with Crippen LogP contribution in [0.5, 0.6) is 0 Å². The molecule has 84 valence electrons. The van der Waals surface area contributed by atoms with Crippen molar-refractivity contribution in [1.82, 2.24) is 9.97 Å². The summed E-state index contributed by atoms with van der Waals surface area (Å²) in [5.41, 5.74) is 1.41. The standard InChI is InChI=1S/C13H22N2/c1-5-7-8-9-13(3,4)11-10-14-12(6-2)15-11/h6,10H,2,5,7-9H2,1,3-4H3,(H,14,15). The molecule has 0 aliphatic rings. The zero-order chi connectivity index (χ0) is 11.3. The fourth-order valence-corrected chi connectivity index (χ4v) is 1.74. The summed E-state index contributed by atoms with van der Waals surface area (Å²) >= 11 is 0. The normalized spacial score (nSPS) is 11.7. The molecule has 1 heterocycles. The highest BCUT2D eigenvalue weighted by Crippen LogP contribution is 2.27. The maximum absolute atomic E-state index is 4.26. The second-order valence-electron chi connectivity index (χ2n) is 4.73. The van der Waals surface area contributed by atoms with Crippen molar-refractivity contribution >= 4 is 6.08 Å². The van der Waals surface area contributed by atoms with Crippen LogP contribution in [0.1, 0.15) is 58.0 Å². The van der Waals surface area contributed by atoms with Gasteiger partial charge in [-0.3, -0.25) is 0 Å². The predicted molar refractivity (Wildman–Crippen MR) is 65.8 cm³/mol. The highest BCUT2D eigenvalue weighted by atomic mass is 14.9. The SMILES string of the molecule is C=Cc1ncc(C(C)(C)CCCCC)[nH]1. The van der Waals surface area contributed by atoms with Crippen LogP contribution < -0.4 is 0 Å². The fourth-order valence-electron chi connectivity index (χ4n) is 1.74. The van der Waals surface area contributed by atoms with Crippen molar-refractivity contribution in [3.63, 3.8) is 0 Å². The molecule has 0 unspecified atom stereocenters. The average Bonchev–Trinajstić information content (AvgIpc) is 2.66. The van der Waals surface area contributed by atoms with E-state index >= 15 is 0 Å². The van der Waals surface area contributed by atoms with Crippen molar-refractivity contribution in [3.8, 4) is 0 Å². The molecular weight excluding hydrogens is 184 g/mol. The van der Waals surface area contributed by atoms with Gasteiger partial charge < -0.3 is 4.98 Å². The topological polar surface area (TPSA) is 28.7 Å². The molecule has 1 aromatic rings. The molecule has 2 nitrogen and oxygen atoms in total. The Kier molecular flexibility index (Phi) is 4.13. The Bertz CT molecular complexity index is 310. The quantitative estimate of drug-likeness (QED) is 0.702. The lowest BCUT2D eigenvalue weighted by Crippen LogP contribution is -2.17. The van der Waals surface area contributed by atoms with Gasteiger partial charge in [0.1, 0.15) is 5.82 Å². The van der Waals surface area contributed by atoms with Gasteiger partial charge in [-0.15, -0.1) is 0 Å². The Morgan fingerprint density at radius 3 is 2.73 bits per heavy atom. The van der Waals surface area contributed by atoms with Crippen LogP contribution in [0.2, 0.25) is 0 Å². The lowest BCUT2D eigenvalue weighted by atomic mass is 9.84. The molecule has 2 heteroatoms. The monoisotopic (exact) mass is 206 g/mol. The van der Waals surface area contributed by atoms with Gasteiger partial charge in [-0.2, -0.15) is 0 Å². The van der Waals surface area contributed by atoms with Crippen LogP contribution in [-0.2, 0) is 5.41 Å². The number of aromatic nitrogens is 2. The zero-order valence-corrected chi connectivity index (χ0v) is 10.1. The summed E-state index contributed by atoms with van der Waals surface area (Å²) in [5, 5.41) is 0. The molecule has 0 amide bonds. The number of nitrogens with zero attached hydrogens (tertiary/aromatic N) is 1. The third-order valence-corrected chi connectivity index (χ3v) is 2.92. The first-order valence-corrected chi connectivity index (χ1v) is 5.78. The number of unbranched alkanes of at least 4 members (excludes halogenated alkanes) is 2. The summed E-state index contributed by atoms with van der Waals surface area (Å²) in [4.78, 5) is 7.56. The van der Waals surface area contributed by atoms with Gasteiger partial charge in [-0.25, -0.2) is 4.98 Å². The molecule has 0 aliphatic carbocycles. The average molecular weight is 206 g/mol. The highest BCUT2D eigenvalue weighted by Gasteiger charge is 2.21. The maximum atomic E-state index is 4.26. The molecule has 15 heavy (non-hydrogen) atoms. The first kappa shape index (κ1) is 12.0. The summed E-state index contributed by atoms with van der Waals surface area (Å²) < 4.78 is 0. The van der Waals surface area contributed by atoms with Crippen molar-refractivity contribution in [3.05, 3.63) is 24.3 Å². The molecule has 0 fully saturated rings. The van der Waals surface area contributed by atoms with Gasteiger partial charge in [0.15, 0.2) is 0 Å². The molecule has 0 saturated carbocycles. The molecule has 0 bridgehead atoms. The zero-order valence-electron chi connectivity index (χ0n) is 10.1. The molecule has 1 N–H and O–H groups in total. The lowest BCUT2D eigenvalue weighted by molar-refractivity contribution is 0.440. The van der Waals surface area contributed by atoms with Crippen molar-refractivity contribution in [1.29, 1.82) is 0 Å². The third kappa shape index (κ3) is 3.22. The first-order chi connectivity index (χ1) is 7.10. The second-order valence-corrected chi connectivity index (χ2v) is 4.73. The lowest BCUT2D eigenvalue weighted by Gasteiger charge is -2.22. The summed E-state index contributed by atoms with van der Waals surface area (Å²) in [6.07, 6.45) is 8.77. The van der Waals surface area contributed by atoms with Gasteiger partial charge in [0.05, 0.1) is 0 Å². The van der Waals surface area contributed by atoms with Crippen LogP contribution in [0.3, 0.4) is 0 Å². The number of aromatic amines is 1. The van der Waals surface area contributed by atoms with Crippen LogP contribution in [0.4, 0.5) is 0 Å². The molecule has 0 aliphatic heterocycles. The second kappa shape index (κ2) is 5.15. The molecule has 0 radical (unpaired) electrons.